The number of hydrogen-bond acceptors (Lipinski definition) is 2. The van der Waals surface area contributed by atoms with Gasteiger partial charge in [-0.25, -0.2) is 0 Å². The van der Waals surface area contributed by atoms with E-state index in [1.54, 1.807) is 5.54 Å². The average molecular weight is 163 g/mol. The molecular formula is C7H15ClN2. The second kappa shape index (κ2) is 7.06. The standard InChI is InChI=1S/C7H15ClN2/c1-2-10(7-5-9)6-3-4-8/h3-4H,2,5-7,9H2,1H3/b4-3+. The molecule has 0 amide bonds. The van der Waals surface area contributed by atoms with Gasteiger partial charge in [0.05, 0.1) is 0 Å². The van der Waals surface area contributed by atoms with Crippen LogP contribution in [-0.2, 0) is 0 Å². The first-order chi connectivity index (χ1) is 4.85. The second-order valence-electron chi connectivity index (χ2n) is 2.04. The van der Waals surface area contributed by atoms with Gasteiger partial charge in [-0.05, 0) is 6.54 Å². The van der Waals surface area contributed by atoms with Gasteiger partial charge in [0.15, 0.2) is 0 Å². The van der Waals surface area contributed by atoms with Gasteiger partial charge in [0, 0.05) is 25.2 Å². The topological polar surface area (TPSA) is 29.3 Å². The monoisotopic (exact) mass is 162 g/mol. The van der Waals surface area contributed by atoms with Crippen molar-refractivity contribution in [2.75, 3.05) is 26.2 Å². The summed E-state index contributed by atoms with van der Waals surface area (Å²) in [7, 11) is 0. The largest absolute Gasteiger partial charge is 0.329 e. The van der Waals surface area contributed by atoms with Crippen molar-refractivity contribution in [3.8, 4) is 0 Å². The molecule has 0 fully saturated rings. The van der Waals surface area contributed by atoms with Gasteiger partial charge in [0.1, 0.15) is 0 Å². The molecule has 0 atom stereocenters. The van der Waals surface area contributed by atoms with Crippen LogP contribution in [0.1, 0.15) is 6.92 Å². The number of nitrogens with two attached hydrogens (primary N) is 1. The first-order valence-electron chi connectivity index (χ1n) is 3.52. The van der Waals surface area contributed by atoms with Crippen LogP contribution in [0.5, 0.6) is 0 Å². The van der Waals surface area contributed by atoms with Crippen molar-refractivity contribution in [2.45, 2.75) is 6.92 Å². The fraction of sp³-hybridized carbons (Fsp3) is 0.714. The smallest absolute Gasteiger partial charge is 0.0175 e. The highest BCUT2D eigenvalue weighted by atomic mass is 35.5. The lowest BCUT2D eigenvalue weighted by Crippen LogP contribution is -2.29. The van der Waals surface area contributed by atoms with E-state index in [0.29, 0.717) is 6.54 Å². The zero-order chi connectivity index (χ0) is 7.82. The molecule has 10 heavy (non-hydrogen) atoms. The van der Waals surface area contributed by atoms with E-state index in [1.807, 2.05) is 6.08 Å². The van der Waals surface area contributed by atoms with Crippen LogP contribution in [0.15, 0.2) is 11.6 Å². The van der Waals surface area contributed by atoms with E-state index >= 15 is 0 Å². The van der Waals surface area contributed by atoms with Crippen molar-refractivity contribution in [1.82, 2.24) is 4.90 Å². The van der Waals surface area contributed by atoms with Crippen LogP contribution in [0.3, 0.4) is 0 Å². The molecule has 0 saturated carbocycles. The minimum atomic E-state index is 0.712. The molecule has 0 aliphatic heterocycles. The number of rotatable bonds is 5. The summed E-state index contributed by atoms with van der Waals surface area (Å²) >= 11 is 5.36. The highest BCUT2D eigenvalue weighted by Gasteiger charge is 1.95. The van der Waals surface area contributed by atoms with Crippen molar-refractivity contribution in [3.05, 3.63) is 11.6 Å². The third-order valence-corrected chi connectivity index (χ3v) is 1.52. The molecular weight excluding hydrogens is 148 g/mol. The van der Waals surface area contributed by atoms with Crippen LogP contribution >= 0.6 is 11.6 Å². The first kappa shape index (κ1) is 9.95. The average Bonchev–Trinajstić information content (AvgIpc) is 1.98. The molecule has 0 rings (SSSR count). The molecule has 0 unspecified atom stereocenters. The predicted octanol–water partition coefficient (Wildman–Crippen LogP) is 1.02. The molecule has 60 valence electrons. The van der Waals surface area contributed by atoms with E-state index in [1.165, 1.54) is 0 Å². The molecule has 0 saturated heterocycles. The molecule has 0 radical (unpaired) electrons. The SMILES string of the molecule is CCN(C/C=C/Cl)CCN. The van der Waals surface area contributed by atoms with Crippen LogP contribution in [0.25, 0.3) is 0 Å². The fourth-order valence-corrected chi connectivity index (χ4v) is 0.830. The zero-order valence-electron chi connectivity index (χ0n) is 6.39. The van der Waals surface area contributed by atoms with E-state index in [4.69, 9.17) is 17.3 Å². The van der Waals surface area contributed by atoms with Gasteiger partial charge in [-0.15, -0.1) is 0 Å². The molecule has 0 aromatic heterocycles. The third-order valence-electron chi connectivity index (χ3n) is 1.35. The number of likely N-dealkylation sites (N-methyl/N-ethyl adjacent to an activating group) is 1. The Morgan fingerprint density at radius 3 is 2.70 bits per heavy atom. The summed E-state index contributed by atoms with van der Waals surface area (Å²) in [5, 5.41) is 0. The number of hydrogen-bond donors (Lipinski definition) is 1. The number of nitrogens with zero attached hydrogens (tertiary/aromatic N) is 1. The van der Waals surface area contributed by atoms with Crippen molar-refractivity contribution in [3.63, 3.8) is 0 Å². The lowest BCUT2D eigenvalue weighted by Gasteiger charge is -2.16. The summed E-state index contributed by atoms with van der Waals surface area (Å²) in [5.41, 5.74) is 6.92. The lowest BCUT2D eigenvalue weighted by molar-refractivity contribution is 0.328. The Labute approximate surface area is 67.6 Å². The lowest BCUT2D eigenvalue weighted by atomic mass is 10.4. The van der Waals surface area contributed by atoms with E-state index in [2.05, 4.69) is 11.8 Å². The van der Waals surface area contributed by atoms with Crippen molar-refractivity contribution < 1.29 is 0 Å². The highest BCUT2D eigenvalue weighted by molar-refractivity contribution is 6.25. The molecule has 0 bridgehead atoms. The predicted molar refractivity (Wildman–Crippen MR) is 46.2 cm³/mol. The van der Waals surface area contributed by atoms with Gasteiger partial charge in [-0.3, -0.25) is 4.90 Å². The fourth-order valence-electron chi connectivity index (χ4n) is 0.750. The summed E-state index contributed by atoms with van der Waals surface area (Å²) in [6.07, 6.45) is 1.92. The van der Waals surface area contributed by atoms with Gasteiger partial charge < -0.3 is 5.73 Å². The molecule has 0 spiro atoms. The Morgan fingerprint density at radius 1 is 1.60 bits per heavy atom. The number of halogens is 1. The Hall–Kier alpha value is -0.0500. The van der Waals surface area contributed by atoms with E-state index in [-0.39, 0.29) is 0 Å². The van der Waals surface area contributed by atoms with Crippen LogP contribution in [0, 0.1) is 0 Å². The Bertz CT molecular complexity index is 93.6. The van der Waals surface area contributed by atoms with Gasteiger partial charge in [0.25, 0.3) is 0 Å². The van der Waals surface area contributed by atoms with Crippen molar-refractivity contribution in [2.24, 2.45) is 5.73 Å². The van der Waals surface area contributed by atoms with Crippen molar-refractivity contribution in [1.29, 1.82) is 0 Å². The highest BCUT2D eigenvalue weighted by Crippen LogP contribution is 1.87. The third kappa shape index (κ3) is 4.79. The maximum atomic E-state index is 5.38. The van der Waals surface area contributed by atoms with Crippen LogP contribution in [-0.4, -0.2) is 31.1 Å². The molecule has 2 N–H and O–H groups in total. The zero-order valence-corrected chi connectivity index (χ0v) is 7.14. The summed E-state index contributed by atoms with van der Waals surface area (Å²) in [6.45, 7) is 5.69. The molecule has 0 aromatic carbocycles. The van der Waals surface area contributed by atoms with Gasteiger partial charge in [0.2, 0.25) is 0 Å². The Kier molecular flexibility index (Phi) is 7.03. The minimum Gasteiger partial charge on any atom is -0.329 e. The normalized spacial score (nSPS) is 11.6. The first-order valence-corrected chi connectivity index (χ1v) is 3.96. The maximum absolute atomic E-state index is 5.38. The summed E-state index contributed by atoms with van der Waals surface area (Å²) in [5.74, 6) is 0. The van der Waals surface area contributed by atoms with Crippen molar-refractivity contribution >= 4 is 11.6 Å². The minimum absolute atomic E-state index is 0.712. The van der Waals surface area contributed by atoms with E-state index in [0.717, 1.165) is 19.6 Å². The summed E-state index contributed by atoms with van der Waals surface area (Å²) < 4.78 is 0. The van der Waals surface area contributed by atoms with Gasteiger partial charge in [-0.1, -0.05) is 24.6 Å². The molecule has 2 nitrogen and oxygen atoms in total. The van der Waals surface area contributed by atoms with E-state index in [9.17, 15) is 0 Å². The molecule has 0 heterocycles. The molecule has 0 aliphatic rings. The van der Waals surface area contributed by atoms with Crippen LogP contribution in [0.4, 0.5) is 0 Å². The molecule has 0 aliphatic carbocycles. The Balaban J connectivity index is 3.39. The summed E-state index contributed by atoms with van der Waals surface area (Å²) in [4.78, 5) is 2.22. The summed E-state index contributed by atoms with van der Waals surface area (Å²) in [6, 6.07) is 0. The maximum Gasteiger partial charge on any atom is 0.0175 e. The quantitative estimate of drug-likeness (QED) is 0.654. The van der Waals surface area contributed by atoms with Gasteiger partial charge >= 0.3 is 0 Å². The van der Waals surface area contributed by atoms with Crippen LogP contribution in [0.2, 0.25) is 0 Å². The van der Waals surface area contributed by atoms with Crippen LogP contribution < -0.4 is 5.73 Å². The molecule has 0 aromatic rings. The molecule has 3 heteroatoms. The Morgan fingerprint density at radius 2 is 2.30 bits per heavy atom. The van der Waals surface area contributed by atoms with Gasteiger partial charge in [-0.2, -0.15) is 0 Å². The van der Waals surface area contributed by atoms with E-state index < -0.39 is 0 Å². The second-order valence-corrected chi connectivity index (χ2v) is 2.30.